The Labute approximate surface area is 139 Å². The minimum Gasteiger partial charge on any atom is -0.383 e. The normalized spacial score (nSPS) is 11.1. The highest BCUT2D eigenvalue weighted by Gasteiger charge is 2.17. The molecule has 0 radical (unpaired) electrons. The van der Waals surface area contributed by atoms with Crippen LogP contribution < -0.4 is 0 Å². The fraction of sp³-hybridized carbons (Fsp3) is 0.500. The summed E-state index contributed by atoms with van der Waals surface area (Å²) in [6.45, 7) is 6.19. The van der Waals surface area contributed by atoms with E-state index in [9.17, 15) is 4.79 Å². The molecule has 0 aliphatic carbocycles. The molecule has 0 atom stereocenters. The Balaban J connectivity index is 1.99. The maximum absolute atomic E-state index is 12.5. The van der Waals surface area contributed by atoms with E-state index >= 15 is 0 Å². The lowest BCUT2D eigenvalue weighted by Gasteiger charge is -2.24. The third kappa shape index (κ3) is 4.90. The first-order chi connectivity index (χ1) is 10.6. The van der Waals surface area contributed by atoms with Gasteiger partial charge in [0.25, 0.3) is 0 Å². The number of thiophene rings is 1. The van der Waals surface area contributed by atoms with E-state index in [4.69, 9.17) is 4.74 Å². The zero-order chi connectivity index (χ0) is 15.9. The van der Waals surface area contributed by atoms with Crippen molar-refractivity contribution in [1.82, 2.24) is 9.88 Å². The Morgan fingerprint density at radius 2 is 2.23 bits per heavy atom. The standard InChI is InChI=1S/C16H22N2O2S2/c1-12(2)10-18(6-7-20-3)15(19)9-13-11-22-16(17-13)14-5-4-8-21-14/h4-5,8,11-12H,6-7,9-10H2,1-3H3. The monoisotopic (exact) mass is 338 g/mol. The average molecular weight is 338 g/mol. The van der Waals surface area contributed by atoms with Crippen molar-refractivity contribution in [2.75, 3.05) is 26.8 Å². The number of rotatable bonds is 8. The van der Waals surface area contributed by atoms with Crippen LogP contribution in [0.15, 0.2) is 22.9 Å². The molecular weight excluding hydrogens is 316 g/mol. The molecule has 0 fully saturated rings. The number of ether oxygens (including phenoxy) is 1. The molecule has 0 saturated carbocycles. The quantitative estimate of drug-likeness (QED) is 0.739. The molecule has 0 N–H and O–H groups in total. The first kappa shape index (κ1) is 17.1. The molecule has 4 nitrogen and oxygen atoms in total. The van der Waals surface area contributed by atoms with Gasteiger partial charge in [0.05, 0.1) is 23.6 Å². The van der Waals surface area contributed by atoms with Crippen molar-refractivity contribution < 1.29 is 9.53 Å². The molecule has 22 heavy (non-hydrogen) atoms. The highest BCUT2D eigenvalue weighted by atomic mass is 32.1. The van der Waals surface area contributed by atoms with Gasteiger partial charge in [-0.2, -0.15) is 0 Å². The largest absolute Gasteiger partial charge is 0.383 e. The number of hydrogen-bond acceptors (Lipinski definition) is 5. The van der Waals surface area contributed by atoms with E-state index in [1.54, 1.807) is 29.8 Å². The van der Waals surface area contributed by atoms with E-state index in [0.717, 1.165) is 22.1 Å². The number of carbonyl (C=O) groups is 1. The Hall–Kier alpha value is -1.24. The van der Waals surface area contributed by atoms with Crippen molar-refractivity contribution in [1.29, 1.82) is 0 Å². The van der Waals surface area contributed by atoms with Crippen LogP contribution in [0.5, 0.6) is 0 Å². The van der Waals surface area contributed by atoms with E-state index in [0.29, 0.717) is 25.5 Å². The number of methoxy groups -OCH3 is 1. The molecule has 0 unspecified atom stereocenters. The summed E-state index contributed by atoms with van der Waals surface area (Å²) in [5, 5.41) is 5.01. The predicted molar refractivity (Wildman–Crippen MR) is 92.4 cm³/mol. The second kappa shape index (κ2) is 8.41. The lowest BCUT2D eigenvalue weighted by atomic mass is 10.2. The molecule has 0 aliphatic heterocycles. The van der Waals surface area contributed by atoms with Crippen LogP contribution >= 0.6 is 22.7 Å². The zero-order valence-corrected chi connectivity index (χ0v) is 14.9. The van der Waals surface area contributed by atoms with Gasteiger partial charge in [-0.25, -0.2) is 4.98 Å². The van der Waals surface area contributed by atoms with E-state index in [1.807, 2.05) is 21.7 Å². The van der Waals surface area contributed by atoms with Crippen molar-refractivity contribution in [3.63, 3.8) is 0 Å². The highest BCUT2D eigenvalue weighted by molar-refractivity contribution is 7.20. The van der Waals surface area contributed by atoms with Crippen LogP contribution in [0, 0.1) is 5.92 Å². The van der Waals surface area contributed by atoms with Gasteiger partial charge >= 0.3 is 0 Å². The molecule has 0 saturated heterocycles. The first-order valence-electron chi connectivity index (χ1n) is 7.35. The van der Waals surface area contributed by atoms with Gasteiger partial charge in [0.15, 0.2) is 0 Å². The lowest BCUT2D eigenvalue weighted by Crippen LogP contribution is -2.37. The number of aromatic nitrogens is 1. The summed E-state index contributed by atoms with van der Waals surface area (Å²) in [5.74, 6) is 0.562. The number of hydrogen-bond donors (Lipinski definition) is 0. The summed E-state index contributed by atoms with van der Waals surface area (Å²) in [7, 11) is 1.66. The summed E-state index contributed by atoms with van der Waals surface area (Å²) in [5.41, 5.74) is 0.851. The second-order valence-electron chi connectivity index (χ2n) is 5.52. The maximum atomic E-state index is 12.5. The third-order valence-corrected chi connectivity index (χ3v) is 5.05. The fourth-order valence-electron chi connectivity index (χ4n) is 2.13. The Morgan fingerprint density at radius 1 is 1.41 bits per heavy atom. The number of amides is 1. The van der Waals surface area contributed by atoms with Crippen LogP contribution in [0.3, 0.4) is 0 Å². The lowest BCUT2D eigenvalue weighted by molar-refractivity contribution is -0.131. The number of nitrogens with zero attached hydrogens (tertiary/aromatic N) is 2. The summed E-state index contributed by atoms with van der Waals surface area (Å²) < 4.78 is 5.10. The van der Waals surface area contributed by atoms with Gasteiger partial charge in [-0.05, 0) is 17.4 Å². The van der Waals surface area contributed by atoms with E-state index in [-0.39, 0.29) is 5.91 Å². The molecule has 2 aromatic rings. The van der Waals surface area contributed by atoms with Gasteiger partial charge in [0, 0.05) is 25.6 Å². The van der Waals surface area contributed by atoms with Crippen LogP contribution in [0.4, 0.5) is 0 Å². The topological polar surface area (TPSA) is 42.4 Å². The fourth-order valence-corrected chi connectivity index (χ4v) is 3.76. The van der Waals surface area contributed by atoms with Crippen molar-refractivity contribution in [2.45, 2.75) is 20.3 Å². The molecule has 0 bridgehead atoms. The SMILES string of the molecule is COCCN(CC(C)C)C(=O)Cc1csc(-c2cccs2)n1. The van der Waals surface area contributed by atoms with Crippen LogP contribution in [-0.4, -0.2) is 42.6 Å². The average Bonchev–Trinajstić information content (AvgIpc) is 3.13. The van der Waals surface area contributed by atoms with Crippen molar-refractivity contribution in [3.05, 3.63) is 28.6 Å². The van der Waals surface area contributed by atoms with Crippen LogP contribution in [0.1, 0.15) is 19.5 Å². The molecule has 2 heterocycles. The van der Waals surface area contributed by atoms with Gasteiger partial charge in [-0.15, -0.1) is 22.7 Å². The molecular formula is C16H22N2O2S2. The van der Waals surface area contributed by atoms with E-state index in [1.165, 1.54) is 0 Å². The number of carbonyl (C=O) groups excluding carboxylic acids is 1. The van der Waals surface area contributed by atoms with Gasteiger partial charge < -0.3 is 9.64 Å². The van der Waals surface area contributed by atoms with Crippen LogP contribution in [0.25, 0.3) is 9.88 Å². The molecule has 2 aromatic heterocycles. The van der Waals surface area contributed by atoms with Crippen molar-refractivity contribution >= 4 is 28.6 Å². The minimum absolute atomic E-state index is 0.119. The Bertz CT molecular complexity index is 579. The summed E-state index contributed by atoms with van der Waals surface area (Å²) in [6, 6.07) is 4.07. The van der Waals surface area contributed by atoms with Crippen molar-refractivity contribution in [2.24, 2.45) is 5.92 Å². The molecule has 0 spiro atoms. The van der Waals surface area contributed by atoms with E-state index in [2.05, 4.69) is 24.9 Å². The summed E-state index contributed by atoms with van der Waals surface area (Å²) >= 11 is 3.27. The van der Waals surface area contributed by atoms with Gasteiger partial charge in [-0.1, -0.05) is 19.9 Å². The summed E-state index contributed by atoms with van der Waals surface area (Å²) in [6.07, 6.45) is 0.359. The van der Waals surface area contributed by atoms with Gasteiger partial charge in [0.1, 0.15) is 5.01 Å². The second-order valence-corrected chi connectivity index (χ2v) is 7.33. The smallest absolute Gasteiger partial charge is 0.228 e. The van der Waals surface area contributed by atoms with Gasteiger partial charge in [0.2, 0.25) is 5.91 Å². The summed E-state index contributed by atoms with van der Waals surface area (Å²) in [4.78, 5) is 20.1. The zero-order valence-electron chi connectivity index (χ0n) is 13.2. The van der Waals surface area contributed by atoms with Crippen molar-refractivity contribution in [3.8, 4) is 9.88 Å². The molecule has 2 rings (SSSR count). The molecule has 0 aromatic carbocycles. The van der Waals surface area contributed by atoms with E-state index < -0.39 is 0 Å². The molecule has 120 valence electrons. The highest BCUT2D eigenvalue weighted by Crippen LogP contribution is 2.28. The predicted octanol–water partition coefficient (Wildman–Crippen LogP) is 3.55. The maximum Gasteiger partial charge on any atom is 0.228 e. The molecule has 6 heteroatoms. The molecule has 1 amide bonds. The number of thiazole rings is 1. The first-order valence-corrected chi connectivity index (χ1v) is 9.11. The minimum atomic E-state index is 0.119. The van der Waals surface area contributed by atoms with Gasteiger partial charge in [-0.3, -0.25) is 4.79 Å². The molecule has 0 aliphatic rings. The Kier molecular flexibility index (Phi) is 6.54. The third-order valence-electron chi connectivity index (χ3n) is 3.12. The van der Waals surface area contributed by atoms with Crippen LogP contribution in [-0.2, 0) is 16.0 Å². The van der Waals surface area contributed by atoms with Crippen LogP contribution in [0.2, 0.25) is 0 Å². The Morgan fingerprint density at radius 3 is 2.86 bits per heavy atom.